The minimum Gasteiger partial charge on any atom is -0.507 e. The Morgan fingerprint density at radius 1 is 1.50 bits per heavy atom. The number of carbonyl (C=O) groups is 1. The van der Waals surface area contributed by atoms with Gasteiger partial charge >= 0.3 is 5.97 Å². The molecule has 0 aromatic heterocycles. The minimum atomic E-state index is -3.91. The molecule has 108 valence electrons. The molecule has 0 spiro atoms. The highest BCUT2D eigenvalue weighted by molar-refractivity contribution is 7.89. The number of hydrogen-bond donors (Lipinski definition) is 2. The average molecular weight is 298 g/mol. The van der Waals surface area contributed by atoms with Gasteiger partial charge in [0, 0.05) is 13.6 Å². The Morgan fingerprint density at radius 2 is 2.10 bits per heavy atom. The van der Waals surface area contributed by atoms with E-state index in [0.29, 0.717) is 0 Å². The van der Waals surface area contributed by atoms with Gasteiger partial charge in [0.25, 0.3) is 0 Å². The van der Waals surface area contributed by atoms with Crippen molar-refractivity contribution in [3.63, 3.8) is 0 Å². The second-order valence-corrected chi connectivity index (χ2v) is 6.34. The molecule has 0 aliphatic heterocycles. The molecular weight excluding hydrogens is 284 g/mol. The molecule has 0 aliphatic carbocycles. The molecule has 0 amide bonds. The third-order valence-corrected chi connectivity index (χ3v) is 4.48. The molecule has 1 aromatic rings. The van der Waals surface area contributed by atoms with Gasteiger partial charge in [0.2, 0.25) is 10.0 Å². The highest BCUT2D eigenvalue weighted by atomic mass is 32.2. The summed E-state index contributed by atoms with van der Waals surface area (Å²) >= 11 is 0. The molecule has 2 N–H and O–H groups in total. The van der Waals surface area contributed by atoms with E-state index < -0.39 is 33.2 Å². The van der Waals surface area contributed by atoms with E-state index in [1.54, 1.807) is 6.92 Å². The summed E-state index contributed by atoms with van der Waals surface area (Å²) in [5.41, 5.74) is -0.493. The SMILES string of the molecule is CC(C#N)CN(C)S(=O)(=O)c1ccc(O)c(C(=O)O)c1. The molecular formula is C12H14N2O5S. The Balaban J connectivity index is 3.20. The van der Waals surface area contributed by atoms with Crippen molar-refractivity contribution in [1.82, 2.24) is 4.31 Å². The Bertz CT molecular complexity index is 663. The van der Waals surface area contributed by atoms with Crippen molar-refractivity contribution < 1.29 is 23.4 Å². The number of rotatable bonds is 5. The summed E-state index contributed by atoms with van der Waals surface area (Å²) in [6, 6.07) is 4.93. The van der Waals surface area contributed by atoms with Crippen LogP contribution in [0.4, 0.5) is 0 Å². The van der Waals surface area contributed by atoms with Gasteiger partial charge in [-0.25, -0.2) is 13.2 Å². The molecule has 1 atom stereocenters. The topological polar surface area (TPSA) is 119 Å². The number of carboxylic acid groups (broad SMARTS) is 1. The predicted octanol–water partition coefficient (Wildman–Crippen LogP) is 0.871. The van der Waals surface area contributed by atoms with Crippen molar-refractivity contribution in [3.05, 3.63) is 23.8 Å². The van der Waals surface area contributed by atoms with E-state index in [1.807, 2.05) is 6.07 Å². The standard InChI is InChI=1S/C12H14N2O5S/c1-8(6-13)7-14(2)20(18,19)9-3-4-11(15)10(5-9)12(16)17/h3-5,8,15H,7H2,1-2H3,(H,16,17). The van der Waals surface area contributed by atoms with Crippen LogP contribution in [0.25, 0.3) is 0 Å². The number of nitriles is 1. The van der Waals surface area contributed by atoms with E-state index in [0.717, 1.165) is 22.5 Å². The first-order chi connectivity index (χ1) is 9.20. The van der Waals surface area contributed by atoms with Crippen LogP contribution in [0.3, 0.4) is 0 Å². The molecule has 20 heavy (non-hydrogen) atoms. The predicted molar refractivity (Wildman–Crippen MR) is 69.7 cm³/mol. The van der Waals surface area contributed by atoms with Gasteiger partial charge in [-0.3, -0.25) is 0 Å². The van der Waals surface area contributed by atoms with Crippen LogP contribution in [0.15, 0.2) is 23.1 Å². The minimum absolute atomic E-state index is 0.0118. The van der Waals surface area contributed by atoms with E-state index >= 15 is 0 Å². The molecule has 0 heterocycles. The largest absolute Gasteiger partial charge is 0.507 e. The number of aromatic hydroxyl groups is 1. The zero-order valence-electron chi connectivity index (χ0n) is 10.9. The summed E-state index contributed by atoms with van der Waals surface area (Å²) in [5.74, 6) is -2.43. The van der Waals surface area contributed by atoms with Gasteiger partial charge in [-0.15, -0.1) is 0 Å². The smallest absolute Gasteiger partial charge is 0.339 e. The van der Waals surface area contributed by atoms with Gasteiger partial charge < -0.3 is 10.2 Å². The fourth-order valence-corrected chi connectivity index (χ4v) is 2.84. The third-order valence-electron chi connectivity index (χ3n) is 2.66. The number of nitrogens with zero attached hydrogens (tertiary/aromatic N) is 2. The van der Waals surface area contributed by atoms with E-state index in [-0.39, 0.29) is 11.4 Å². The van der Waals surface area contributed by atoms with Crippen LogP contribution in [0.1, 0.15) is 17.3 Å². The molecule has 0 radical (unpaired) electrons. The summed E-state index contributed by atoms with van der Waals surface area (Å²) < 4.78 is 25.4. The summed E-state index contributed by atoms with van der Waals surface area (Å²) in [6.45, 7) is 1.56. The van der Waals surface area contributed by atoms with Crippen LogP contribution in [0.2, 0.25) is 0 Å². The first-order valence-electron chi connectivity index (χ1n) is 5.62. The quantitative estimate of drug-likeness (QED) is 0.832. The number of hydrogen-bond acceptors (Lipinski definition) is 5. The lowest BCUT2D eigenvalue weighted by Gasteiger charge is -2.18. The summed E-state index contributed by atoms with van der Waals surface area (Å²) in [6.07, 6.45) is 0. The first-order valence-corrected chi connectivity index (χ1v) is 7.06. The maximum absolute atomic E-state index is 12.2. The summed E-state index contributed by atoms with van der Waals surface area (Å²) in [7, 11) is -2.61. The van der Waals surface area contributed by atoms with Gasteiger partial charge in [0.15, 0.2) is 0 Å². The van der Waals surface area contributed by atoms with Gasteiger partial charge in [-0.2, -0.15) is 9.57 Å². The number of benzene rings is 1. The normalized spacial score (nSPS) is 12.9. The van der Waals surface area contributed by atoms with Gasteiger partial charge in [0.1, 0.15) is 11.3 Å². The van der Waals surface area contributed by atoms with E-state index in [2.05, 4.69) is 0 Å². The lowest BCUT2D eigenvalue weighted by Crippen LogP contribution is -2.30. The molecule has 7 nitrogen and oxygen atoms in total. The maximum Gasteiger partial charge on any atom is 0.339 e. The number of sulfonamides is 1. The number of carboxylic acids is 1. The second kappa shape index (κ2) is 5.90. The van der Waals surface area contributed by atoms with E-state index in [4.69, 9.17) is 10.4 Å². The van der Waals surface area contributed by atoms with E-state index in [1.165, 1.54) is 7.05 Å². The molecule has 1 unspecified atom stereocenters. The van der Waals surface area contributed by atoms with Crippen LogP contribution < -0.4 is 0 Å². The summed E-state index contributed by atoms with van der Waals surface area (Å²) in [5, 5.41) is 26.9. The van der Waals surface area contributed by atoms with Crippen molar-refractivity contribution in [2.24, 2.45) is 5.92 Å². The number of aromatic carboxylic acids is 1. The fourth-order valence-electron chi connectivity index (χ4n) is 1.55. The van der Waals surface area contributed by atoms with Gasteiger partial charge in [-0.05, 0) is 25.1 Å². The fraction of sp³-hybridized carbons (Fsp3) is 0.333. The lowest BCUT2D eigenvalue weighted by molar-refractivity contribution is 0.0693. The average Bonchev–Trinajstić information content (AvgIpc) is 2.38. The molecule has 1 rings (SSSR count). The lowest BCUT2D eigenvalue weighted by atomic mass is 10.2. The Morgan fingerprint density at radius 3 is 2.60 bits per heavy atom. The third kappa shape index (κ3) is 3.26. The van der Waals surface area contributed by atoms with Crippen molar-refractivity contribution in [3.8, 4) is 11.8 Å². The Labute approximate surface area is 116 Å². The molecule has 0 bridgehead atoms. The van der Waals surface area contributed by atoms with Crippen LogP contribution in [-0.2, 0) is 10.0 Å². The molecule has 0 saturated carbocycles. The first kappa shape index (κ1) is 15.9. The van der Waals surface area contributed by atoms with Gasteiger partial charge in [-0.1, -0.05) is 0 Å². The van der Waals surface area contributed by atoms with Crippen molar-refractivity contribution in [2.75, 3.05) is 13.6 Å². The number of phenols is 1. The molecule has 1 aromatic carbocycles. The maximum atomic E-state index is 12.2. The van der Waals surface area contributed by atoms with Crippen LogP contribution in [0, 0.1) is 17.2 Å². The monoisotopic (exact) mass is 298 g/mol. The van der Waals surface area contributed by atoms with E-state index in [9.17, 15) is 18.3 Å². The van der Waals surface area contributed by atoms with Crippen molar-refractivity contribution in [2.45, 2.75) is 11.8 Å². The molecule has 8 heteroatoms. The van der Waals surface area contributed by atoms with Crippen LogP contribution in [-0.4, -0.2) is 42.5 Å². The second-order valence-electron chi connectivity index (χ2n) is 4.30. The molecule has 0 saturated heterocycles. The Hall–Kier alpha value is -2.11. The highest BCUT2D eigenvalue weighted by Crippen LogP contribution is 2.23. The molecule has 0 fully saturated rings. The Kier molecular flexibility index (Phi) is 4.70. The van der Waals surface area contributed by atoms with Crippen LogP contribution in [0.5, 0.6) is 5.75 Å². The molecule has 0 aliphatic rings. The van der Waals surface area contributed by atoms with Crippen molar-refractivity contribution in [1.29, 1.82) is 5.26 Å². The van der Waals surface area contributed by atoms with Gasteiger partial charge in [0.05, 0.1) is 16.9 Å². The zero-order chi connectivity index (χ0) is 15.5. The van der Waals surface area contributed by atoms with Crippen molar-refractivity contribution >= 4 is 16.0 Å². The zero-order valence-corrected chi connectivity index (χ0v) is 11.8. The van der Waals surface area contributed by atoms with Crippen LogP contribution >= 0.6 is 0 Å². The summed E-state index contributed by atoms with van der Waals surface area (Å²) in [4.78, 5) is 10.6. The highest BCUT2D eigenvalue weighted by Gasteiger charge is 2.24.